The number of hydrogen-bond acceptors (Lipinski definition) is 4. The number of carbonyl (C=O) groups is 3. The number of rotatable bonds is 10. The van der Waals surface area contributed by atoms with Gasteiger partial charge in [0.2, 0.25) is 5.91 Å². The molecule has 6 rings (SSSR count). The fourth-order valence-electron chi connectivity index (χ4n) is 6.01. The molecule has 2 saturated heterocycles. The van der Waals surface area contributed by atoms with Crippen LogP contribution in [0.15, 0.2) is 48.5 Å². The van der Waals surface area contributed by atoms with E-state index in [-0.39, 0.29) is 29.7 Å². The Morgan fingerprint density at radius 1 is 0.943 bits per heavy atom. The highest BCUT2D eigenvalue weighted by Crippen LogP contribution is 2.47. The summed E-state index contributed by atoms with van der Waals surface area (Å²) in [4.78, 5) is 37.7. The Morgan fingerprint density at radius 3 is 2.26 bits per heavy atom. The largest absolute Gasteiger partial charge is 0.481 e. The van der Waals surface area contributed by atoms with Gasteiger partial charge in [-0.2, -0.15) is 0 Å². The summed E-state index contributed by atoms with van der Waals surface area (Å²) in [6.45, 7) is 1.45. The third-order valence-corrected chi connectivity index (χ3v) is 7.83. The first-order valence-electron chi connectivity index (χ1n) is 12.7. The minimum absolute atomic E-state index is 0.0537. The molecule has 2 aliphatic carbocycles. The third kappa shape index (κ3) is 4.64. The van der Waals surface area contributed by atoms with Crippen molar-refractivity contribution < 1.29 is 24.2 Å². The minimum Gasteiger partial charge on any atom is -0.481 e. The highest BCUT2D eigenvalue weighted by molar-refractivity contribution is 5.81. The number of unbranched alkanes of at least 4 members (excludes halogenated alkanes) is 3. The Bertz CT molecular complexity index is 1070. The first-order valence-corrected chi connectivity index (χ1v) is 12.7. The second kappa shape index (κ2) is 10.1. The quantitative estimate of drug-likeness (QED) is 0.496. The van der Waals surface area contributed by atoms with Gasteiger partial charge in [0.25, 0.3) is 0 Å². The summed E-state index contributed by atoms with van der Waals surface area (Å²) in [6, 6.07) is 16.4. The summed E-state index contributed by atoms with van der Waals surface area (Å²) in [6.07, 6.45) is 4.34. The number of nitrogens with one attached hydrogen (secondary N) is 1. The van der Waals surface area contributed by atoms with Crippen LogP contribution in [0.4, 0.5) is 4.79 Å². The molecule has 0 aromatic heterocycles. The number of ether oxygens (including phenoxy) is 1. The van der Waals surface area contributed by atoms with E-state index in [0.717, 1.165) is 32.1 Å². The molecule has 3 fully saturated rings. The number of benzene rings is 2. The molecule has 7 heteroatoms. The molecule has 1 saturated carbocycles. The van der Waals surface area contributed by atoms with E-state index in [2.05, 4.69) is 29.6 Å². The summed E-state index contributed by atoms with van der Waals surface area (Å²) in [5.41, 5.74) is 4.80. The summed E-state index contributed by atoms with van der Waals surface area (Å²) in [7, 11) is 0. The SMILES string of the molecule is O=C(NCCCCCCC(=O)N1CC2CC1C2C(=O)O)OCC1c2ccccc2-c2ccccc21. The van der Waals surface area contributed by atoms with E-state index >= 15 is 0 Å². The zero-order valence-electron chi connectivity index (χ0n) is 19.8. The lowest BCUT2D eigenvalue weighted by atomic mass is 9.74. The van der Waals surface area contributed by atoms with Gasteiger partial charge < -0.3 is 20.1 Å². The Hall–Kier alpha value is -3.35. The van der Waals surface area contributed by atoms with Gasteiger partial charge in [0, 0.05) is 31.5 Å². The molecule has 0 spiro atoms. The average Bonchev–Trinajstić information content (AvgIpc) is 3.53. The summed E-state index contributed by atoms with van der Waals surface area (Å²) in [5, 5.41) is 12.1. The van der Waals surface area contributed by atoms with Crippen molar-refractivity contribution in [2.24, 2.45) is 11.8 Å². The molecule has 2 amide bonds. The fraction of sp³-hybridized carbons (Fsp3) is 0.464. The molecule has 2 aromatic rings. The predicted octanol–water partition coefficient (Wildman–Crippen LogP) is 4.41. The van der Waals surface area contributed by atoms with Gasteiger partial charge in [-0.15, -0.1) is 0 Å². The van der Waals surface area contributed by atoms with Crippen LogP contribution in [0.1, 0.15) is 55.6 Å². The van der Waals surface area contributed by atoms with Crippen molar-refractivity contribution in [1.29, 1.82) is 0 Å². The summed E-state index contributed by atoms with van der Waals surface area (Å²) >= 11 is 0. The van der Waals surface area contributed by atoms with E-state index in [4.69, 9.17) is 4.74 Å². The molecule has 35 heavy (non-hydrogen) atoms. The smallest absolute Gasteiger partial charge is 0.407 e. The molecule has 7 nitrogen and oxygen atoms in total. The maximum atomic E-state index is 12.4. The van der Waals surface area contributed by atoms with Crippen LogP contribution in [0.2, 0.25) is 0 Å². The van der Waals surface area contributed by atoms with E-state index < -0.39 is 12.1 Å². The van der Waals surface area contributed by atoms with Crippen molar-refractivity contribution in [3.63, 3.8) is 0 Å². The molecule has 2 bridgehead atoms. The van der Waals surface area contributed by atoms with E-state index in [1.54, 1.807) is 4.90 Å². The molecule has 3 unspecified atom stereocenters. The Kier molecular flexibility index (Phi) is 6.75. The molecule has 2 aliphatic heterocycles. The topological polar surface area (TPSA) is 95.9 Å². The molecule has 2 heterocycles. The van der Waals surface area contributed by atoms with Crippen molar-refractivity contribution in [1.82, 2.24) is 10.2 Å². The second-order valence-corrected chi connectivity index (χ2v) is 9.89. The highest BCUT2D eigenvalue weighted by atomic mass is 16.5. The van der Waals surface area contributed by atoms with Crippen molar-refractivity contribution in [2.45, 2.75) is 50.5 Å². The molecule has 4 aliphatic rings. The number of nitrogens with zero attached hydrogens (tertiary/aromatic N) is 1. The number of aliphatic carboxylic acids is 1. The summed E-state index contributed by atoms with van der Waals surface area (Å²) < 4.78 is 5.55. The Morgan fingerprint density at radius 2 is 1.60 bits per heavy atom. The molecule has 0 radical (unpaired) electrons. The molecular formula is C28H32N2O5. The van der Waals surface area contributed by atoms with Crippen LogP contribution in [0.25, 0.3) is 11.1 Å². The predicted molar refractivity (Wildman–Crippen MR) is 131 cm³/mol. The zero-order chi connectivity index (χ0) is 24.4. The first-order chi connectivity index (χ1) is 17.0. The number of hydrogen-bond donors (Lipinski definition) is 2. The normalized spacial score (nSPS) is 21.7. The van der Waals surface area contributed by atoms with Crippen LogP contribution in [0.3, 0.4) is 0 Å². The maximum Gasteiger partial charge on any atom is 0.407 e. The first kappa shape index (κ1) is 23.4. The van der Waals surface area contributed by atoms with Crippen molar-refractivity contribution in [2.75, 3.05) is 19.7 Å². The lowest BCUT2D eigenvalue weighted by Gasteiger charge is -2.33. The van der Waals surface area contributed by atoms with Crippen molar-refractivity contribution >= 4 is 18.0 Å². The van der Waals surface area contributed by atoms with Crippen LogP contribution in [0.5, 0.6) is 0 Å². The third-order valence-electron chi connectivity index (χ3n) is 7.83. The van der Waals surface area contributed by atoms with Gasteiger partial charge >= 0.3 is 12.1 Å². The molecular weight excluding hydrogens is 444 g/mol. The van der Waals surface area contributed by atoms with E-state index in [1.165, 1.54) is 22.3 Å². The Balaban J connectivity index is 0.965. The molecule has 184 valence electrons. The molecule has 2 N–H and O–H groups in total. The summed E-state index contributed by atoms with van der Waals surface area (Å²) in [5.74, 6) is -0.852. The van der Waals surface area contributed by atoms with Gasteiger partial charge in [-0.05, 0) is 47.4 Å². The van der Waals surface area contributed by atoms with Crippen LogP contribution in [-0.4, -0.2) is 53.7 Å². The highest BCUT2D eigenvalue weighted by Gasteiger charge is 2.56. The standard InChI is InChI=1S/C28H32N2O5/c31-25(30-16-18-15-24(30)26(18)27(32)33)13-3-1-2-8-14-29-28(34)35-17-23-21-11-6-4-9-19(21)20-10-5-7-12-22(20)23/h4-7,9-12,18,23-24,26H,1-3,8,13-17H2,(H,29,34)(H,32,33). The minimum atomic E-state index is -0.773. The van der Waals surface area contributed by atoms with Gasteiger partial charge in [-0.1, -0.05) is 61.4 Å². The van der Waals surface area contributed by atoms with Gasteiger partial charge in [-0.3, -0.25) is 9.59 Å². The van der Waals surface area contributed by atoms with Gasteiger partial charge in [0.15, 0.2) is 0 Å². The van der Waals surface area contributed by atoms with Crippen LogP contribution >= 0.6 is 0 Å². The van der Waals surface area contributed by atoms with Gasteiger partial charge in [0.1, 0.15) is 6.61 Å². The number of alkyl carbamates (subject to hydrolysis) is 1. The van der Waals surface area contributed by atoms with Crippen molar-refractivity contribution in [3.8, 4) is 11.1 Å². The van der Waals surface area contributed by atoms with Crippen LogP contribution < -0.4 is 5.32 Å². The molecule has 3 atom stereocenters. The molecule has 2 aromatic carbocycles. The number of carbonyl (C=O) groups excluding carboxylic acids is 2. The van der Waals surface area contributed by atoms with Gasteiger partial charge in [-0.25, -0.2) is 4.79 Å². The maximum absolute atomic E-state index is 12.4. The average molecular weight is 477 g/mol. The number of amides is 2. The second-order valence-electron chi connectivity index (χ2n) is 9.89. The fourth-order valence-corrected chi connectivity index (χ4v) is 6.01. The van der Waals surface area contributed by atoms with E-state index in [0.29, 0.717) is 26.1 Å². The lowest BCUT2D eigenvalue weighted by Crippen LogP contribution is -2.45. The van der Waals surface area contributed by atoms with Crippen LogP contribution in [0, 0.1) is 11.8 Å². The monoisotopic (exact) mass is 476 g/mol. The van der Waals surface area contributed by atoms with E-state index in [1.807, 2.05) is 24.3 Å². The zero-order valence-corrected chi connectivity index (χ0v) is 19.8. The lowest BCUT2D eigenvalue weighted by molar-refractivity contribution is -0.148. The van der Waals surface area contributed by atoms with Gasteiger partial charge in [0.05, 0.1) is 5.92 Å². The van der Waals surface area contributed by atoms with Crippen LogP contribution in [-0.2, 0) is 14.3 Å². The van der Waals surface area contributed by atoms with Crippen molar-refractivity contribution in [3.05, 3.63) is 59.7 Å². The number of carboxylic acids is 1. The Labute approximate surface area is 205 Å². The van der Waals surface area contributed by atoms with E-state index in [9.17, 15) is 19.5 Å². The number of fused-ring (bicyclic) bond motifs is 4. The number of carboxylic acid groups (broad SMARTS) is 1.